The fraction of sp³-hybridized carbons (Fsp3) is 0. The molecule has 1 amide bonds. The molecule has 0 radical (unpaired) electrons. The van der Waals surface area contributed by atoms with Crippen molar-refractivity contribution in [3.05, 3.63) is 51.5 Å². The van der Waals surface area contributed by atoms with Gasteiger partial charge in [0.2, 0.25) is 0 Å². The largest absolute Gasteiger partial charge is 0.507 e. The van der Waals surface area contributed by atoms with Gasteiger partial charge in [-0.15, -0.1) is 0 Å². The number of rotatable bonds is 2. The van der Waals surface area contributed by atoms with Crippen LogP contribution in [0.2, 0.25) is 5.02 Å². The SMILES string of the molecule is Nc1ccc(Cl)cc1NC(=O)c1cc(Br)ccc1O. The third kappa shape index (κ3) is 3.19. The van der Waals surface area contributed by atoms with Gasteiger partial charge in [-0.1, -0.05) is 27.5 Å². The predicted molar refractivity (Wildman–Crippen MR) is 79.6 cm³/mol. The Bertz CT molecular complexity index is 647. The van der Waals surface area contributed by atoms with Crippen LogP contribution in [0.15, 0.2) is 40.9 Å². The van der Waals surface area contributed by atoms with Gasteiger partial charge in [-0.25, -0.2) is 0 Å². The molecule has 0 bridgehead atoms. The number of amides is 1. The summed E-state index contributed by atoms with van der Waals surface area (Å²) in [6.07, 6.45) is 0. The fourth-order valence-electron chi connectivity index (χ4n) is 1.52. The number of anilines is 2. The van der Waals surface area contributed by atoms with E-state index in [1.165, 1.54) is 12.1 Å². The van der Waals surface area contributed by atoms with E-state index in [4.69, 9.17) is 17.3 Å². The predicted octanol–water partition coefficient (Wildman–Crippen LogP) is 3.64. The van der Waals surface area contributed by atoms with Crippen molar-refractivity contribution in [1.82, 2.24) is 0 Å². The highest BCUT2D eigenvalue weighted by molar-refractivity contribution is 9.10. The van der Waals surface area contributed by atoms with Crippen LogP contribution in [-0.4, -0.2) is 11.0 Å². The van der Waals surface area contributed by atoms with Crippen LogP contribution in [0.3, 0.4) is 0 Å². The lowest BCUT2D eigenvalue weighted by molar-refractivity contribution is 0.102. The van der Waals surface area contributed by atoms with Crippen molar-refractivity contribution in [1.29, 1.82) is 0 Å². The van der Waals surface area contributed by atoms with E-state index < -0.39 is 5.91 Å². The van der Waals surface area contributed by atoms with Crippen LogP contribution >= 0.6 is 27.5 Å². The highest BCUT2D eigenvalue weighted by atomic mass is 79.9. The Morgan fingerprint density at radius 2 is 2.00 bits per heavy atom. The van der Waals surface area contributed by atoms with Crippen LogP contribution < -0.4 is 11.1 Å². The minimum absolute atomic E-state index is 0.110. The molecule has 0 aromatic heterocycles. The summed E-state index contributed by atoms with van der Waals surface area (Å²) in [7, 11) is 0. The van der Waals surface area contributed by atoms with E-state index in [-0.39, 0.29) is 11.3 Å². The number of carbonyl (C=O) groups is 1. The molecule has 0 saturated heterocycles. The molecule has 0 aliphatic carbocycles. The van der Waals surface area contributed by atoms with Crippen molar-refractivity contribution < 1.29 is 9.90 Å². The summed E-state index contributed by atoms with van der Waals surface area (Å²) >= 11 is 9.08. The van der Waals surface area contributed by atoms with E-state index in [1.807, 2.05) is 0 Å². The molecule has 2 aromatic rings. The third-order valence-corrected chi connectivity index (χ3v) is 3.20. The van der Waals surface area contributed by atoms with Crippen LogP contribution in [0.5, 0.6) is 5.75 Å². The van der Waals surface area contributed by atoms with Gasteiger partial charge in [-0.3, -0.25) is 4.79 Å². The van der Waals surface area contributed by atoms with Crippen molar-refractivity contribution in [2.45, 2.75) is 0 Å². The summed E-state index contributed by atoms with van der Waals surface area (Å²) in [6, 6.07) is 9.36. The maximum atomic E-state index is 12.1. The summed E-state index contributed by atoms with van der Waals surface area (Å²) < 4.78 is 0.689. The van der Waals surface area contributed by atoms with E-state index in [0.717, 1.165) is 0 Å². The van der Waals surface area contributed by atoms with E-state index in [2.05, 4.69) is 21.2 Å². The number of phenols is 1. The first-order chi connectivity index (χ1) is 8.97. The molecule has 19 heavy (non-hydrogen) atoms. The Kier molecular flexibility index (Phi) is 3.97. The number of benzene rings is 2. The van der Waals surface area contributed by atoms with Crippen molar-refractivity contribution in [3.63, 3.8) is 0 Å². The van der Waals surface area contributed by atoms with Gasteiger partial charge < -0.3 is 16.2 Å². The second-order valence-electron chi connectivity index (χ2n) is 3.85. The molecule has 0 atom stereocenters. The monoisotopic (exact) mass is 340 g/mol. The molecule has 4 nitrogen and oxygen atoms in total. The number of hydrogen-bond donors (Lipinski definition) is 3. The van der Waals surface area contributed by atoms with Gasteiger partial charge in [0, 0.05) is 9.50 Å². The third-order valence-electron chi connectivity index (χ3n) is 2.47. The standard InChI is InChI=1S/C13H10BrClN2O2/c14-7-1-4-12(18)9(5-7)13(19)17-11-6-8(15)2-3-10(11)16/h1-6,18H,16H2,(H,17,19). The average Bonchev–Trinajstić information content (AvgIpc) is 2.36. The zero-order valence-corrected chi connectivity index (χ0v) is 12.0. The Hall–Kier alpha value is -1.72. The van der Waals surface area contributed by atoms with Crippen LogP contribution in [0.4, 0.5) is 11.4 Å². The Morgan fingerprint density at radius 1 is 1.26 bits per heavy atom. The molecular weight excluding hydrogens is 332 g/mol. The van der Waals surface area contributed by atoms with Crippen molar-refractivity contribution in [2.24, 2.45) is 0 Å². The van der Waals surface area contributed by atoms with Gasteiger partial charge in [-0.05, 0) is 36.4 Å². The molecule has 0 fully saturated rings. The van der Waals surface area contributed by atoms with E-state index in [9.17, 15) is 9.90 Å². The topological polar surface area (TPSA) is 75.3 Å². The number of nitrogens with one attached hydrogen (secondary N) is 1. The van der Waals surface area contributed by atoms with Gasteiger partial charge >= 0.3 is 0 Å². The van der Waals surface area contributed by atoms with Crippen molar-refractivity contribution >= 4 is 44.8 Å². The quantitative estimate of drug-likeness (QED) is 0.730. The summed E-state index contributed by atoms with van der Waals surface area (Å²) in [5.74, 6) is -0.575. The minimum atomic E-state index is -0.465. The molecule has 0 saturated carbocycles. The molecule has 0 unspecified atom stereocenters. The Morgan fingerprint density at radius 3 is 2.74 bits per heavy atom. The van der Waals surface area contributed by atoms with Gasteiger partial charge in [0.25, 0.3) is 5.91 Å². The molecule has 2 aromatic carbocycles. The van der Waals surface area contributed by atoms with Gasteiger partial charge in [-0.2, -0.15) is 0 Å². The second-order valence-corrected chi connectivity index (χ2v) is 5.20. The summed E-state index contributed by atoms with van der Waals surface area (Å²) in [5.41, 5.74) is 6.68. The lowest BCUT2D eigenvalue weighted by Crippen LogP contribution is -2.13. The molecule has 0 heterocycles. The van der Waals surface area contributed by atoms with Gasteiger partial charge in [0.05, 0.1) is 16.9 Å². The second kappa shape index (κ2) is 5.50. The smallest absolute Gasteiger partial charge is 0.259 e. The molecule has 0 spiro atoms. The molecule has 6 heteroatoms. The fourth-order valence-corrected chi connectivity index (χ4v) is 2.05. The van der Waals surface area contributed by atoms with Crippen LogP contribution in [-0.2, 0) is 0 Å². The number of hydrogen-bond acceptors (Lipinski definition) is 3. The average molecular weight is 342 g/mol. The van der Waals surface area contributed by atoms with Gasteiger partial charge in [0.1, 0.15) is 5.75 Å². The zero-order chi connectivity index (χ0) is 14.0. The first-order valence-corrected chi connectivity index (χ1v) is 6.49. The number of aromatic hydroxyl groups is 1. The van der Waals surface area contributed by atoms with Crippen LogP contribution in [0.25, 0.3) is 0 Å². The maximum absolute atomic E-state index is 12.1. The van der Waals surface area contributed by atoms with Crippen molar-refractivity contribution in [3.8, 4) is 5.75 Å². The first-order valence-electron chi connectivity index (χ1n) is 5.32. The number of phenolic OH excluding ortho intramolecular Hbond substituents is 1. The Labute approximate surface area is 123 Å². The Balaban J connectivity index is 2.30. The lowest BCUT2D eigenvalue weighted by Gasteiger charge is -2.10. The summed E-state index contributed by atoms with van der Waals surface area (Å²) in [4.78, 5) is 12.1. The molecule has 98 valence electrons. The highest BCUT2D eigenvalue weighted by Crippen LogP contribution is 2.26. The van der Waals surface area contributed by atoms with Gasteiger partial charge in [0.15, 0.2) is 0 Å². The number of nitrogen functional groups attached to an aromatic ring is 1. The summed E-state index contributed by atoms with van der Waals surface area (Å²) in [6.45, 7) is 0. The maximum Gasteiger partial charge on any atom is 0.259 e. The highest BCUT2D eigenvalue weighted by Gasteiger charge is 2.13. The minimum Gasteiger partial charge on any atom is -0.507 e. The first kappa shape index (κ1) is 13.7. The zero-order valence-electron chi connectivity index (χ0n) is 9.65. The van der Waals surface area contributed by atoms with Crippen LogP contribution in [0.1, 0.15) is 10.4 Å². The van der Waals surface area contributed by atoms with E-state index in [0.29, 0.717) is 20.9 Å². The molecule has 0 aliphatic rings. The molecule has 0 aliphatic heterocycles. The van der Waals surface area contributed by atoms with E-state index in [1.54, 1.807) is 24.3 Å². The van der Waals surface area contributed by atoms with Crippen molar-refractivity contribution in [2.75, 3.05) is 11.1 Å². The normalized spacial score (nSPS) is 10.2. The number of nitrogens with two attached hydrogens (primary N) is 1. The number of halogens is 2. The van der Waals surface area contributed by atoms with Crippen LogP contribution in [0, 0.1) is 0 Å². The molecule has 4 N–H and O–H groups in total. The summed E-state index contributed by atoms with van der Waals surface area (Å²) in [5, 5.41) is 12.7. The molecule has 2 rings (SSSR count). The lowest BCUT2D eigenvalue weighted by atomic mass is 10.2. The molecular formula is C13H10BrClN2O2. The van der Waals surface area contributed by atoms with E-state index >= 15 is 0 Å². The number of carbonyl (C=O) groups excluding carboxylic acids is 1.